The Morgan fingerprint density at radius 3 is 2.79 bits per heavy atom. The molecule has 1 aromatic carbocycles. The van der Waals surface area contributed by atoms with Crippen molar-refractivity contribution in [3.8, 4) is 23.0 Å². The van der Waals surface area contributed by atoms with E-state index in [4.69, 9.17) is 19.0 Å². The van der Waals surface area contributed by atoms with Crippen LogP contribution in [0.15, 0.2) is 28.8 Å². The molecular weight excluding hydrogens is 250 g/mol. The van der Waals surface area contributed by atoms with Crippen molar-refractivity contribution in [1.29, 1.82) is 0 Å². The summed E-state index contributed by atoms with van der Waals surface area (Å²) in [5, 5.41) is 8.70. The average Bonchev–Trinajstić information content (AvgIpc) is 2.85. The molecule has 0 atom stereocenters. The van der Waals surface area contributed by atoms with Crippen LogP contribution < -0.4 is 9.47 Å². The molecule has 1 heterocycles. The molecule has 0 aliphatic carbocycles. The first-order chi connectivity index (χ1) is 9.13. The first kappa shape index (κ1) is 12.9. The summed E-state index contributed by atoms with van der Waals surface area (Å²) in [5.74, 6) is 0.818. The van der Waals surface area contributed by atoms with Crippen LogP contribution in [0.4, 0.5) is 0 Å². The van der Waals surface area contributed by atoms with Gasteiger partial charge in [-0.25, -0.2) is 4.98 Å². The summed E-state index contributed by atoms with van der Waals surface area (Å²) in [7, 11) is 3.09. The van der Waals surface area contributed by atoms with Crippen molar-refractivity contribution in [1.82, 2.24) is 4.98 Å². The quantitative estimate of drug-likeness (QED) is 0.888. The van der Waals surface area contributed by atoms with Crippen LogP contribution in [0.1, 0.15) is 5.76 Å². The molecule has 2 aromatic rings. The summed E-state index contributed by atoms with van der Waals surface area (Å²) in [6.07, 6.45) is 1.18. The van der Waals surface area contributed by atoms with Crippen molar-refractivity contribution in [3.63, 3.8) is 0 Å². The standard InChI is InChI=1S/C13H13NO5/c1-17-8-3-4-11(18-2)10(5-8)13-14-7-9(19-13)6-12(15)16/h3-5,7H,6H2,1-2H3,(H,15,16). The van der Waals surface area contributed by atoms with Gasteiger partial charge in [-0.2, -0.15) is 0 Å². The van der Waals surface area contributed by atoms with E-state index in [2.05, 4.69) is 4.98 Å². The molecule has 2 rings (SSSR count). The predicted molar refractivity (Wildman–Crippen MR) is 66.4 cm³/mol. The monoisotopic (exact) mass is 263 g/mol. The second-order valence-electron chi connectivity index (χ2n) is 3.77. The summed E-state index contributed by atoms with van der Waals surface area (Å²) in [6.45, 7) is 0. The van der Waals surface area contributed by atoms with Crippen LogP contribution in [0.25, 0.3) is 11.5 Å². The molecule has 1 N–H and O–H groups in total. The van der Waals surface area contributed by atoms with Gasteiger partial charge in [-0.1, -0.05) is 0 Å². The molecule has 0 fully saturated rings. The Kier molecular flexibility index (Phi) is 3.70. The number of aromatic nitrogens is 1. The maximum Gasteiger partial charge on any atom is 0.311 e. The molecule has 19 heavy (non-hydrogen) atoms. The zero-order valence-electron chi connectivity index (χ0n) is 10.5. The number of nitrogens with zero attached hydrogens (tertiary/aromatic N) is 1. The fraction of sp³-hybridized carbons (Fsp3) is 0.231. The van der Waals surface area contributed by atoms with Gasteiger partial charge >= 0.3 is 5.97 Å². The van der Waals surface area contributed by atoms with Crippen molar-refractivity contribution in [3.05, 3.63) is 30.2 Å². The van der Waals surface area contributed by atoms with Crippen LogP contribution in [0.2, 0.25) is 0 Å². The SMILES string of the molecule is COc1ccc(OC)c(-c2ncc(CC(=O)O)o2)c1. The Morgan fingerprint density at radius 1 is 1.37 bits per heavy atom. The lowest BCUT2D eigenvalue weighted by molar-refractivity contribution is -0.136. The van der Waals surface area contributed by atoms with Crippen LogP contribution in [0.5, 0.6) is 11.5 Å². The second kappa shape index (κ2) is 5.43. The molecule has 6 nitrogen and oxygen atoms in total. The van der Waals surface area contributed by atoms with Crippen LogP contribution in [-0.2, 0) is 11.2 Å². The highest BCUT2D eigenvalue weighted by Crippen LogP contribution is 2.32. The minimum absolute atomic E-state index is 0.209. The van der Waals surface area contributed by atoms with Gasteiger partial charge in [0, 0.05) is 0 Å². The Labute approximate surface area is 109 Å². The molecule has 0 spiro atoms. The largest absolute Gasteiger partial charge is 0.497 e. The number of carbonyl (C=O) groups is 1. The van der Waals surface area contributed by atoms with E-state index in [1.165, 1.54) is 13.3 Å². The zero-order chi connectivity index (χ0) is 13.8. The van der Waals surface area contributed by atoms with E-state index in [0.29, 0.717) is 23.0 Å². The van der Waals surface area contributed by atoms with Crippen LogP contribution in [-0.4, -0.2) is 30.3 Å². The molecule has 1 aromatic heterocycles. The molecule has 100 valence electrons. The van der Waals surface area contributed by atoms with Crippen LogP contribution in [0, 0.1) is 0 Å². The van der Waals surface area contributed by atoms with E-state index in [0.717, 1.165) is 0 Å². The molecule has 6 heteroatoms. The fourth-order valence-electron chi connectivity index (χ4n) is 1.64. The predicted octanol–water partition coefficient (Wildman–Crippen LogP) is 1.99. The number of ether oxygens (including phenoxy) is 2. The lowest BCUT2D eigenvalue weighted by Crippen LogP contribution is -1.97. The Bertz CT molecular complexity index is 590. The molecule has 0 saturated heterocycles. The molecular formula is C13H13NO5. The summed E-state index contributed by atoms with van der Waals surface area (Å²) >= 11 is 0. The number of hydrogen-bond donors (Lipinski definition) is 1. The second-order valence-corrected chi connectivity index (χ2v) is 3.77. The third kappa shape index (κ3) is 2.85. The Balaban J connectivity index is 2.39. The van der Waals surface area contributed by atoms with Crippen molar-refractivity contribution < 1.29 is 23.8 Å². The normalized spacial score (nSPS) is 10.2. The van der Waals surface area contributed by atoms with Gasteiger partial charge in [-0.15, -0.1) is 0 Å². The number of carboxylic acids is 1. The van der Waals surface area contributed by atoms with E-state index >= 15 is 0 Å². The van der Waals surface area contributed by atoms with Gasteiger partial charge in [0.25, 0.3) is 0 Å². The van der Waals surface area contributed by atoms with Gasteiger partial charge in [-0.3, -0.25) is 4.79 Å². The fourth-order valence-corrected chi connectivity index (χ4v) is 1.64. The summed E-state index contributed by atoms with van der Waals surface area (Å²) in [4.78, 5) is 14.7. The van der Waals surface area contributed by atoms with E-state index in [-0.39, 0.29) is 12.2 Å². The van der Waals surface area contributed by atoms with Gasteiger partial charge in [-0.05, 0) is 18.2 Å². The van der Waals surface area contributed by atoms with Crippen LogP contribution >= 0.6 is 0 Å². The lowest BCUT2D eigenvalue weighted by atomic mass is 10.2. The number of aliphatic carboxylic acids is 1. The van der Waals surface area contributed by atoms with Gasteiger partial charge in [0.1, 0.15) is 23.7 Å². The molecule has 0 aliphatic heterocycles. The number of oxazole rings is 1. The van der Waals surface area contributed by atoms with Crippen LogP contribution in [0.3, 0.4) is 0 Å². The minimum Gasteiger partial charge on any atom is -0.497 e. The maximum absolute atomic E-state index is 10.6. The first-order valence-corrected chi connectivity index (χ1v) is 5.53. The molecule has 0 bridgehead atoms. The first-order valence-electron chi connectivity index (χ1n) is 5.53. The van der Waals surface area contributed by atoms with E-state index < -0.39 is 5.97 Å². The summed E-state index contributed by atoms with van der Waals surface area (Å²) < 4.78 is 15.7. The van der Waals surface area contributed by atoms with Crippen molar-refractivity contribution >= 4 is 5.97 Å². The van der Waals surface area contributed by atoms with Crippen molar-refractivity contribution in [2.24, 2.45) is 0 Å². The van der Waals surface area contributed by atoms with E-state index in [1.54, 1.807) is 25.3 Å². The van der Waals surface area contributed by atoms with Gasteiger partial charge in [0.2, 0.25) is 5.89 Å². The van der Waals surface area contributed by atoms with E-state index in [9.17, 15) is 4.79 Å². The summed E-state index contributed by atoms with van der Waals surface area (Å²) in [6, 6.07) is 5.20. The number of rotatable bonds is 5. The highest BCUT2D eigenvalue weighted by molar-refractivity contribution is 5.70. The topological polar surface area (TPSA) is 81.8 Å². The van der Waals surface area contributed by atoms with Gasteiger partial charge in [0.15, 0.2) is 0 Å². The minimum atomic E-state index is -0.972. The number of benzene rings is 1. The molecule has 0 unspecified atom stereocenters. The summed E-state index contributed by atoms with van der Waals surface area (Å²) in [5.41, 5.74) is 0.610. The Hall–Kier alpha value is -2.50. The Morgan fingerprint density at radius 2 is 2.16 bits per heavy atom. The number of methoxy groups -OCH3 is 2. The third-order valence-corrected chi connectivity index (χ3v) is 2.52. The third-order valence-electron chi connectivity index (χ3n) is 2.52. The van der Waals surface area contributed by atoms with Crippen molar-refractivity contribution in [2.45, 2.75) is 6.42 Å². The lowest BCUT2D eigenvalue weighted by Gasteiger charge is -2.07. The smallest absolute Gasteiger partial charge is 0.311 e. The van der Waals surface area contributed by atoms with Gasteiger partial charge < -0.3 is 19.0 Å². The molecule has 0 amide bonds. The highest BCUT2D eigenvalue weighted by Gasteiger charge is 2.14. The molecule has 0 aliphatic rings. The number of hydrogen-bond acceptors (Lipinski definition) is 5. The average molecular weight is 263 g/mol. The highest BCUT2D eigenvalue weighted by atomic mass is 16.5. The van der Waals surface area contributed by atoms with Crippen molar-refractivity contribution in [2.75, 3.05) is 14.2 Å². The molecule has 0 saturated carbocycles. The maximum atomic E-state index is 10.6. The molecule has 0 radical (unpaired) electrons. The van der Waals surface area contributed by atoms with E-state index in [1.807, 2.05) is 0 Å². The zero-order valence-corrected chi connectivity index (χ0v) is 10.5. The van der Waals surface area contributed by atoms with Gasteiger partial charge in [0.05, 0.1) is 26.0 Å². The number of carboxylic acid groups (broad SMARTS) is 1.